The second-order valence-electron chi connectivity index (χ2n) is 5.02. The van der Waals surface area contributed by atoms with E-state index in [4.69, 9.17) is 5.11 Å². The zero-order valence-corrected chi connectivity index (χ0v) is 15.0. The van der Waals surface area contributed by atoms with Crippen molar-refractivity contribution in [1.82, 2.24) is 0 Å². The van der Waals surface area contributed by atoms with Gasteiger partial charge in [0, 0.05) is 36.0 Å². The first kappa shape index (κ1) is 21.5. The predicted molar refractivity (Wildman–Crippen MR) is 83.6 cm³/mol. The maximum atomic E-state index is 10.3. The van der Waals surface area contributed by atoms with Gasteiger partial charge < -0.3 is 5.11 Å². The van der Waals surface area contributed by atoms with Crippen molar-refractivity contribution < 1.29 is 9.90 Å². The van der Waals surface area contributed by atoms with Crippen LogP contribution < -0.4 is 0 Å². The quantitative estimate of drug-likeness (QED) is 0.294. The predicted octanol–water partition coefficient (Wildman–Crippen LogP) is 4.95. The number of carboxylic acid groups (broad SMARTS) is 1. The topological polar surface area (TPSA) is 37.3 Å². The fourth-order valence-electron chi connectivity index (χ4n) is 1.99. The molecule has 0 rings (SSSR count). The molecule has 0 fully saturated rings. The summed E-state index contributed by atoms with van der Waals surface area (Å²) in [7, 11) is 0. The summed E-state index contributed by atoms with van der Waals surface area (Å²) in [6.45, 7) is 2.24. The van der Waals surface area contributed by atoms with Crippen LogP contribution in [0.25, 0.3) is 0 Å². The Morgan fingerprint density at radius 1 is 0.842 bits per heavy atom. The van der Waals surface area contributed by atoms with Crippen molar-refractivity contribution in [3.8, 4) is 0 Å². The third-order valence-corrected chi connectivity index (χ3v) is 3.15. The van der Waals surface area contributed by atoms with Gasteiger partial charge in [0.15, 0.2) is 0 Å². The van der Waals surface area contributed by atoms with E-state index in [1.165, 1.54) is 57.8 Å². The zero-order valence-electron chi connectivity index (χ0n) is 13.0. The summed E-state index contributed by atoms with van der Waals surface area (Å²) in [6, 6.07) is 0. The molecule has 0 saturated carbocycles. The van der Waals surface area contributed by atoms with Gasteiger partial charge >= 0.3 is 5.97 Å². The molecular weight excluding hydrogens is 247 g/mol. The van der Waals surface area contributed by atoms with E-state index >= 15 is 0 Å². The molecule has 1 radical (unpaired) electrons. The van der Waals surface area contributed by atoms with Crippen LogP contribution in [0, 0.1) is 0 Å². The average Bonchev–Trinajstić information content (AvgIpc) is 2.34. The molecule has 2 nitrogen and oxygen atoms in total. The van der Waals surface area contributed by atoms with Gasteiger partial charge in [0.1, 0.15) is 0 Å². The van der Waals surface area contributed by atoms with Crippen molar-refractivity contribution in [3.63, 3.8) is 0 Å². The number of carbonyl (C=O) groups is 1. The molecule has 0 aromatic carbocycles. The molecule has 0 heterocycles. The number of hydrogen-bond donors (Lipinski definition) is 1. The molecule has 0 atom stereocenters. The van der Waals surface area contributed by atoms with Crippen molar-refractivity contribution in [2.24, 2.45) is 0 Å². The Kier molecular flexibility index (Phi) is 20.6. The van der Waals surface area contributed by atoms with E-state index in [1.807, 2.05) is 0 Å². The van der Waals surface area contributed by atoms with Crippen LogP contribution >= 0.6 is 0 Å². The third kappa shape index (κ3) is 20.7. The van der Waals surface area contributed by atoms with Gasteiger partial charge in [-0.05, 0) is 32.1 Å². The molecule has 0 amide bonds. The molecule has 0 aromatic heterocycles. The Hall–Kier alpha value is 0.210. The van der Waals surface area contributed by atoms with Gasteiger partial charge in [0.2, 0.25) is 0 Å². The van der Waals surface area contributed by atoms with Gasteiger partial charge in [-0.25, -0.2) is 0 Å². The SMILES string of the molecule is CCCCCCC=CCCCCCCCC(=O)O.[Na]. The van der Waals surface area contributed by atoms with Crippen molar-refractivity contribution >= 4 is 35.5 Å². The summed E-state index contributed by atoms with van der Waals surface area (Å²) in [5.74, 6) is -0.666. The molecule has 0 aliphatic carbocycles. The van der Waals surface area contributed by atoms with E-state index < -0.39 is 5.97 Å². The maximum absolute atomic E-state index is 10.3. The maximum Gasteiger partial charge on any atom is 0.303 e. The molecule has 3 heteroatoms. The van der Waals surface area contributed by atoms with E-state index in [9.17, 15) is 4.79 Å². The summed E-state index contributed by atoms with van der Waals surface area (Å²) >= 11 is 0. The summed E-state index contributed by atoms with van der Waals surface area (Å²) in [4.78, 5) is 10.3. The summed E-state index contributed by atoms with van der Waals surface area (Å²) < 4.78 is 0. The Morgan fingerprint density at radius 3 is 1.84 bits per heavy atom. The Balaban J connectivity index is 0. The van der Waals surface area contributed by atoms with Crippen LogP contribution in [0.5, 0.6) is 0 Å². The van der Waals surface area contributed by atoms with Crippen molar-refractivity contribution in [3.05, 3.63) is 12.2 Å². The molecule has 1 N–H and O–H groups in total. The van der Waals surface area contributed by atoms with Crippen molar-refractivity contribution in [1.29, 1.82) is 0 Å². The van der Waals surface area contributed by atoms with Crippen LogP contribution in [0.15, 0.2) is 12.2 Å². The monoisotopic (exact) mass is 277 g/mol. The second kappa shape index (κ2) is 18.2. The van der Waals surface area contributed by atoms with Gasteiger partial charge in [-0.2, -0.15) is 0 Å². The van der Waals surface area contributed by atoms with Gasteiger partial charge in [-0.1, -0.05) is 57.6 Å². The largest absolute Gasteiger partial charge is 0.481 e. The van der Waals surface area contributed by atoms with E-state index in [0.29, 0.717) is 6.42 Å². The van der Waals surface area contributed by atoms with Gasteiger partial charge in [0.25, 0.3) is 0 Å². The summed E-state index contributed by atoms with van der Waals surface area (Å²) in [6.07, 6.45) is 18.3. The molecule has 0 unspecified atom stereocenters. The van der Waals surface area contributed by atoms with Crippen LogP contribution in [-0.4, -0.2) is 40.6 Å². The number of aliphatic carboxylic acids is 1. The van der Waals surface area contributed by atoms with Crippen LogP contribution in [0.1, 0.15) is 84.0 Å². The van der Waals surface area contributed by atoms with E-state index in [-0.39, 0.29) is 29.6 Å². The number of carboxylic acids is 1. The molecular formula is C16H30NaO2. The smallest absolute Gasteiger partial charge is 0.303 e. The number of unbranched alkanes of at least 4 members (excludes halogenated alkanes) is 9. The van der Waals surface area contributed by atoms with E-state index in [1.54, 1.807) is 0 Å². The Bertz CT molecular complexity index is 215. The van der Waals surface area contributed by atoms with Crippen molar-refractivity contribution in [2.45, 2.75) is 84.0 Å². The minimum absolute atomic E-state index is 0. The fraction of sp³-hybridized carbons (Fsp3) is 0.812. The van der Waals surface area contributed by atoms with Crippen LogP contribution in [-0.2, 0) is 4.79 Å². The normalized spacial score (nSPS) is 10.6. The van der Waals surface area contributed by atoms with Crippen LogP contribution in [0.2, 0.25) is 0 Å². The minimum Gasteiger partial charge on any atom is -0.481 e. The molecule has 19 heavy (non-hydrogen) atoms. The van der Waals surface area contributed by atoms with Crippen molar-refractivity contribution in [2.75, 3.05) is 0 Å². The summed E-state index contributed by atoms with van der Waals surface area (Å²) in [5, 5.41) is 8.48. The molecule has 0 aliphatic rings. The summed E-state index contributed by atoms with van der Waals surface area (Å²) in [5.41, 5.74) is 0. The second-order valence-corrected chi connectivity index (χ2v) is 5.02. The van der Waals surface area contributed by atoms with Gasteiger partial charge in [-0.3, -0.25) is 4.79 Å². The van der Waals surface area contributed by atoms with Gasteiger partial charge in [0.05, 0.1) is 0 Å². The number of allylic oxidation sites excluding steroid dienone is 2. The standard InChI is InChI=1S/C16H30O2.Na/c1-2-3-4-5-6-7-8-9-10-11-12-13-14-15-16(17)18;/h7-8H,2-6,9-15H2,1H3,(H,17,18);. The van der Waals surface area contributed by atoms with Gasteiger partial charge in [-0.15, -0.1) is 0 Å². The first-order valence-corrected chi connectivity index (χ1v) is 7.64. The molecule has 0 bridgehead atoms. The Morgan fingerprint density at radius 2 is 1.32 bits per heavy atom. The third-order valence-electron chi connectivity index (χ3n) is 3.15. The number of rotatable bonds is 13. The number of hydrogen-bond acceptors (Lipinski definition) is 1. The van der Waals surface area contributed by atoms with E-state index in [2.05, 4.69) is 19.1 Å². The first-order valence-electron chi connectivity index (χ1n) is 7.64. The Labute approximate surface area is 141 Å². The average molecular weight is 277 g/mol. The molecule has 0 aromatic rings. The fourth-order valence-corrected chi connectivity index (χ4v) is 1.99. The zero-order chi connectivity index (χ0) is 13.5. The molecule has 0 spiro atoms. The molecule has 0 saturated heterocycles. The minimum atomic E-state index is -0.666. The van der Waals surface area contributed by atoms with Crippen LogP contribution in [0.3, 0.4) is 0 Å². The molecule has 0 aliphatic heterocycles. The molecule has 107 valence electrons. The van der Waals surface area contributed by atoms with Crippen LogP contribution in [0.4, 0.5) is 0 Å². The first-order chi connectivity index (χ1) is 8.77. The van der Waals surface area contributed by atoms with E-state index in [0.717, 1.165) is 12.8 Å².